The average molecular weight is 225 g/mol. The zero-order valence-corrected chi connectivity index (χ0v) is 8.61. The molecule has 86 valence electrons. The monoisotopic (exact) mass is 225 g/mol. The van der Waals surface area contributed by atoms with E-state index < -0.39 is 11.9 Å². The van der Waals surface area contributed by atoms with Crippen molar-refractivity contribution in [2.75, 3.05) is 5.32 Å². The van der Waals surface area contributed by atoms with Crippen LogP contribution in [0, 0.1) is 6.92 Å². The summed E-state index contributed by atoms with van der Waals surface area (Å²) in [5.41, 5.74) is 0.0957. The van der Waals surface area contributed by atoms with Crippen LogP contribution in [0.3, 0.4) is 0 Å². The third kappa shape index (κ3) is 3.91. The maximum atomic E-state index is 11.2. The first-order valence-electron chi connectivity index (χ1n) is 4.57. The highest BCUT2D eigenvalue weighted by atomic mass is 16.4. The topological polar surface area (TPSA) is 112 Å². The van der Waals surface area contributed by atoms with Crippen molar-refractivity contribution in [2.45, 2.75) is 19.8 Å². The molecule has 16 heavy (non-hydrogen) atoms. The lowest BCUT2D eigenvalue weighted by atomic mass is 10.3. The Kier molecular flexibility index (Phi) is 3.76. The number of nitrogens with zero attached hydrogens (tertiary/aromatic N) is 1. The van der Waals surface area contributed by atoms with Crippen LogP contribution in [0.1, 0.15) is 18.5 Å². The van der Waals surface area contributed by atoms with Crippen molar-refractivity contribution < 1.29 is 14.7 Å². The highest BCUT2D eigenvalue weighted by Crippen LogP contribution is 1.98. The van der Waals surface area contributed by atoms with Gasteiger partial charge in [-0.2, -0.15) is 0 Å². The van der Waals surface area contributed by atoms with Gasteiger partial charge in [0, 0.05) is 18.2 Å². The SMILES string of the molecule is Cc1cc(=O)[nH]c(NC(=O)CCC(=O)O)n1. The Labute approximate surface area is 90.5 Å². The highest BCUT2D eigenvalue weighted by molar-refractivity contribution is 5.90. The number of aliphatic carboxylic acids is 1. The van der Waals surface area contributed by atoms with Crippen molar-refractivity contribution in [1.82, 2.24) is 9.97 Å². The summed E-state index contributed by atoms with van der Waals surface area (Å²) in [5, 5.41) is 10.7. The number of aryl methyl sites for hydroxylation is 1. The maximum Gasteiger partial charge on any atom is 0.303 e. The fourth-order valence-corrected chi connectivity index (χ4v) is 1.05. The molecule has 0 aromatic carbocycles. The molecule has 0 radical (unpaired) electrons. The summed E-state index contributed by atoms with van der Waals surface area (Å²) in [7, 11) is 0. The van der Waals surface area contributed by atoms with E-state index in [9.17, 15) is 14.4 Å². The second-order valence-electron chi connectivity index (χ2n) is 3.18. The van der Waals surface area contributed by atoms with E-state index in [0.29, 0.717) is 5.69 Å². The first-order chi connectivity index (χ1) is 7.47. The van der Waals surface area contributed by atoms with Gasteiger partial charge in [0.05, 0.1) is 6.42 Å². The molecule has 0 saturated heterocycles. The zero-order valence-electron chi connectivity index (χ0n) is 8.61. The Morgan fingerprint density at radius 3 is 2.75 bits per heavy atom. The minimum Gasteiger partial charge on any atom is -0.481 e. The molecule has 7 heteroatoms. The van der Waals surface area contributed by atoms with Crippen molar-refractivity contribution in [1.29, 1.82) is 0 Å². The number of carbonyl (C=O) groups is 2. The molecule has 0 aliphatic heterocycles. The highest BCUT2D eigenvalue weighted by Gasteiger charge is 2.07. The number of anilines is 1. The predicted molar refractivity (Wildman–Crippen MR) is 55.1 cm³/mol. The number of aromatic nitrogens is 2. The molecule has 7 nitrogen and oxygen atoms in total. The molecule has 1 heterocycles. The second-order valence-corrected chi connectivity index (χ2v) is 3.18. The Hall–Kier alpha value is -2.18. The van der Waals surface area contributed by atoms with E-state index in [1.54, 1.807) is 6.92 Å². The number of hydrogen-bond donors (Lipinski definition) is 3. The molecular formula is C9H11N3O4. The number of amides is 1. The first kappa shape index (κ1) is 11.9. The molecule has 0 saturated carbocycles. The minimum atomic E-state index is -1.05. The fourth-order valence-electron chi connectivity index (χ4n) is 1.05. The number of carboxylic acids is 1. The van der Waals surface area contributed by atoms with Gasteiger partial charge in [0.15, 0.2) is 0 Å². The Morgan fingerprint density at radius 2 is 2.19 bits per heavy atom. The molecule has 1 aromatic rings. The smallest absolute Gasteiger partial charge is 0.303 e. The molecule has 1 amide bonds. The Bertz CT molecular complexity index is 466. The lowest BCUT2D eigenvalue weighted by Gasteiger charge is -2.03. The minimum absolute atomic E-state index is 0.0281. The molecular weight excluding hydrogens is 214 g/mol. The van der Waals surface area contributed by atoms with Gasteiger partial charge in [-0.25, -0.2) is 4.98 Å². The van der Waals surface area contributed by atoms with Crippen molar-refractivity contribution >= 4 is 17.8 Å². The molecule has 1 aromatic heterocycles. The van der Waals surface area contributed by atoms with Gasteiger partial charge in [-0.1, -0.05) is 0 Å². The number of nitrogens with one attached hydrogen (secondary N) is 2. The number of carbonyl (C=O) groups excluding carboxylic acids is 1. The average Bonchev–Trinajstić information content (AvgIpc) is 2.12. The quantitative estimate of drug-likeness (QED) is 0.661. The van der Waals surface area contributed by atoms with Gasteiger partial charge in [-0.15, -0.1) is 0 Å². The van der Waals surface area contributed by atoms with Gasteiger partial charge >= 0.3 is 5.97 Å². The number of H-pyrrole nitrogens is 1. The van der Waals surface area contributed by atoms with E-state index in [2.05, 4.69) is 15.3 Å². The molecule has 0 aliphatic carbocycles. The van der Waals surface area contributed by atoms with Gasteiger partial charge in [0.1, 0.15) is 0 Å². The molecule has 1 rings (SSSR count). The van der Waals surface area contributed by atoms with E-state index in [1.807, 2.05) is 0 Å². The number of aromatic amines is 1. The maximum absolute atomic E-state index is 11.2. The van der Waals surface area contributed by atoms with E-state index in [-0.39, 0.29) is 24.3 Å². The lowest BCUT2D eigenvalue weighted by Crippen LogP contribution is -2.18. The fraction of sp³-hybridized carbons (Fsp3) is 0.333. The Morgan fingerprint density at radius 1 is 1.50 bits per heavy atom. The summed E-state index contributed by atoms with van der Waals surface area (Å²) in [6, 6.07) is 1.28. The normalized spacial score (nSPS) is 9.81. The van der Waals surface area contributed by atoms with Crippen LogP contribution in [0.5, 0.6) is 0 Å². The largest absolute Gasteiger partial charge is 0.481 e. The van der Waals surface area contributed by atoms with Crippen LogP contribution < -0.4 is 10.9 Å². The molecule has 0 spiro atoms. The number of rotatable bonds is 4. The molecule has 0 atom stereocenters. The van der Waals surface area contributed by atoms with Crippen molar-refractivity contribution in [3.05, 3.63) is 22.1 Å². The van der Waals surface area contributed by atoms with Gasteiger partial charge < -0.3 is 5.11 Å². The molecule has 0 aliphatic rings. The first-order valence-corrected chi connectivity index (χ1v) is 4.57. The van der Waals surface area contributed by atoms with Gasteiger partial charge in [0.25, 0.3) is 5.56 Å². The number of carboxylic acid groups (broad SMARTS) is 1. The second kappa shape index (κ2) is 5.06. The van der Waals surface area contributed by atoms with Crippen LogP contribution in [0.25, 0.3) is 0 Å². The van der Waals surface area contributed by atoms with Gasteiger partial charge in [-0.3, -0.25) is 24.7 Å². The molecule has 0 fully saturated rings. The van der Waals surface area contributed by atoms with Crippen molar-refractivity contribution in [3.8, 4) is 0 Å². The van der Waals surface area contributed by atoms with Crippen LogP contribution >= 0.6 is 0 Å². The van der Waals surface area contributed by atoms with Crippen LogP contribution in [0.4, 0.5) is 5.95 Å². The van der Waals surface area contributed by atoms with E-state index in [0.717, 1.165) is 0 Å². The van der Waals surface area contributed by atoms with Crippen LogP contribution in [-0.2, 0) is 9.59 Å². The standard InChI is InChI=1S/C9H11N3O4/c1-5-4-7(14)12-9(10-5)11-6(13)2-3-8(15)16/h4H,2-3H2,1H3,(H,15,16)(H2,10,11,12,13,14). The van der Waals surface area contributed by atoms with E-state index >= 15 is 0 Å². The summed E-state index contributed by atoms with van der Waals surface area (Å²) in [4.78, 5) is 38.6. The van der Waals surface area contributed by atoms with Crippen LogP contribution in [0.15, 0.2) is 10.9 Å². The number of hydrogen-bond acceptors (Lipinski definition) is 4. The van der Waals surface area contributed by atoms with Crippen molar-refractivity contribution in [2.24, 2.45) is 0 Å². The summed E-state index contributed by atoms with van der Waals surface area (Å²) in [6.07, 6.45) is -0.422. The van der Waals surface area contributed by atoms with Crippen LogP contribution in [0.2, 0.25) is 0 Å². The summed E-state index contributed by atoms with van der Waals surface area (Å²) >= 11 is 0. The zero-order chi connectivity index (χ0) is 12.1. The molecule has 0 unspecified atom stereocenters. The summed E-state index contributed by atoms with van der Waals surface area (Å²) in [6.45, 7) is 1.61. The summed E-state index contributed by atoms with van der Waals surface area (Å²) in [5.74, 6) is -1.53. The van der Waals surface area contributed by atoms with E-state index in [4.69, 9.17) is 5.11 Å². The third-order valence-corrected chi connectivity index (χ3v) is 1.69. The Balaban J connectivity index is 2.62. The van der Waals surface area contributed by atoms with Gasteiger partial charge in [0.2, 0.25) is 11.9 Å². The summed E-state index contributed by atoms with van der Waals surface area (Å²) < 4.78 is 0. The lowest BCUT2D eigenvalue weighted by molar-refractivity contribution is -0.138. The predicted octanol–water partition coefficient (Wildman–Crippen LogP) is -0.118. The molecule has 0 bridgehead atoms. The molecule has 3 N–H and O–H groups in total. The van der Waals surface area contributed by atoms with Gasteiger partial charge in [-0.05, 0) is 6.92 Å². The van der Waals surface area contributed by atoms with E-state index in [1.165, 1.54) is 6.07 Å². The van der Waals surface area contributed by atoms with Crippen LogP contribution in [-0.4, -0.2) is 27.0 Å². The van der Waals surface area contributed by atoms with Crippen molar-refractivity contribution in [3.63, 3.8) is 0 Å². The third-order valence-electron chi connectivity index (χ3n) is 1.69.